The third kappa shape index (κ3) is 4.81. The summed E-state index contributed by atoms with van der Waals surface area (Å²) < 4.78 is 9.30. The minimum Gasteiger partial charge on any atom is -0.463 e. The Morgan fingerprint density at radius 1 is 1.47 bits per heavy atom. The van der Waals surface area contributed by atoms with Crippen LogP contribution in [0.4, 0.5) is 0 Å². The fraction of sp³-hybridized carbons (Fsp3) is 0.700. The van der Waals surface area contributed by atoms with Crippen molar-refractivity contribution in [3.8, 4) is 0 Å². The largest absolute Gasteiger partial charge is 0.463 e. The molecule has 0 aliphatic carbocycles. The lowest BCUT2D eigenvalue weighted by Gasteiger charge is -2.13. The maximum absolute atomic E-state index is 11.4. The van der Waals surface area contributed by atoms with Gasteiger partial charge < -0.3 is 19.9 Å². The molecule has 1 aliphatic heterocycles. The molecule has 0 spiro atoms. The number of hydrogen-bond donors (Lipinski definition) is 2. The molecule has 1 heterocycles. The number of nitrogens with one attached hydrogen (secondary N) is 1. The van der Waals surface area contributed by atoms with Crippen molar-refractivity contribution in [2.75, 3.05) is 13.2 Å². The minimum absolute atomic E-state index is 0.188. The molecule has 0 aromatic heterocycles. The molecule has 0 radical (unpaired) electrons. The van der Waals surface area contributed by atoms with Crippen LogP contribution in [0.2, 0.25) is 0 Å². The van der Waals surface area contributed by atoms with Crippen molar-refractivity contribution in [3.05, 3.63) is 0 Å². The van der Waals surface area contributed by atoms with Crippen molar-refractivity contribution < 1.29 is 29.0 Å². The van der Waals surface area contributed by atoms with Crippen LogP contribution in [0, 0.1) is 0 Å². The molecule has 2 N–H and O–H groups in total. The quantitative estimate of drug-likeness (QED) is 0.586. The van der Waals surface area contributed by atoms with Gasteiger partial charge in [0, 0.05) is 13.3 Å². The lowest BCUT2D eigenvalue weighted by atomic mass is 10.2. The second kappa shape index (κ2) is 6.19. The Kier molecular flexibility index (Phi) is 4.89. The summed E-state index contributed by atoms with van der Waals surface area (Å²) in [6.07, 6.45) is -0.354. The summed E-state index contributed by atoms with van der Waals surface area (Å²) in [4.78, 5) is 32.7. The normalized spacial score (nSPS) is 20.6. The van der Waals surface area contributed by atoms with Crippen molar-refractivity contribution in [2.45, 2.75) is 31.9 Å². The van der Waals surface area contributed by atoms with Crippen LogP contribution in [0.15, 0.2) is 0 Å². The van der Waals surface area contributed by atoms with Crippen LogP contribution in [0.1, 0.15) is 19.8 Å². The van der Waals surface area contributed by atoms with Crippen molar-refractivity contribution in [2.24, 2.45) is 0 Å². The predicted molar refractivity (Wildman–Crippen MR) is 54.8 cm³/mol. The number of rotatable bonds is 5. The maximum Gasteiger partial charge on any atom is 0.328 e. The van der Waals surface area contributed by atoms with E-state index in [0.29, 0.717) is 12.8 Å². The molecule has 0 aromatic rings. The van der Waals surface area contributed by atoms with E-state index in [0.717, 1.165) is 0 Å². The Morgan fingerprint density at radius 3 is 2.65 bits per heavy atom. The van der Waals surface area contributed by atoms with Crippen molar-refractivity contribution in [1.29, 1.82) is 0 Å². The number of aliphatic hydroxyl groups is 1. The molecule has 0 aromatic carbocycles. The van der Waals surface area contributed by atoms with Crippen molar-refractivity contribution in [3.63, 3.8) is 0 Å². The highest BCUT2D eigenvalue weighted by molar-refractivity contribution is 5.88. The van der Waals surface area contributed by atoms with E-state index in [2.05, 4.69) is 10.1 Å². The van der Waals surface area contributed by atoms with Crippen LogP contribution in [0.5, 0.6) is 0 Å². The Labute approximate surface area is 98.1 Å². The van der Waals surface area contributed by atoms with Gasteiger partial charge in [0.25, 0.3) is 0 Å². The first-order chi connectivity index (χ1) is 7.99. The molecule has 0 saturated carbocycles. The number of carbonyl (C=O) groups is 3. The number of hydrogen-bond acceptors (Lipinski definition) is 6. The van der Waals surface area contributed by atoms with E-state index in [1.54, 1.807) is 0 Å². The van der Waals surface area contributed by atoms with Crippen molar-refractivity contribution in [1.82, 2.24) is 5.32 Å². The summed E-state index contributed by atoms with van der Waals surface area (Å²) in [5, 5.41) is 11.7. The highest BCUT2D eigenvalue weighted by Crippen LogP contribution is 2.08. The van der Waals surface area contributed by atoms with E-state index in [9.17, 15) is 19.5 Å². The summed E-state index contributed by atoms with van der Waals surface area (Å²) in [5.74, 6) is -1.29. The van der Waals surface area contributed by atoms with E-state index >= 15 is 0 Å². The number of esters is 2. The van der Waals surface area contributed by atoms with Gasteiger partial charge in [-0.2, -0.15) is 0 Å². The Balaban J connectivity index is 2.19. The highest BCUT2D eigenvalue weighted by atomic mass is 16.6. The van der Waals surface area contributed by atoms with E-state index in [1.165, 1.54) is 6.92 Å². The third-order valence-electron chi connectivity index (χ3n) is 2.18. The molecule has 2 unspecified atom stereocenters. The number of aliphatic hydroxyl groups excluding tert-OH is 1. The fourth-order valence-electron chi connectivity index (χ4n) is 1.33. The molecule has 17 heavy (non-hydrogen) atoms. The summed E-state index contributed by atoms with van der Waals surface area (Å²) in [6, 6.07) is -0.636. The number of amides is 1. The zero-order valence-electron chi connectivity index (χ0n) is 9.47. The first-order valence-electron chi connectivity index (χ1n) is 5.26. The summed E-state index contributed by atoms with van der Waals surface area (Å²) in [7, 11) is 0. The first kappa shape index (κ1) is 13.4. The van der Waals surface area contributed by atoms with Crippen LogP contribution in [0.25, 0.3) is 0 Å². The molecule has 1 aliphatic rings. The lowest BCUT2D eigenvalue weighted by Crippen LogP contribution is -2.36. The average Bonchev–Trinajstić information content (AvgIpc) is 2.70. The smallest absolute Gasteiger partial charge is 0.328 e. The third-order valence-corrected chi connectivity index (χ3v) is 2.18. The van der Waals surface area contributed by atoms with Gasteiger partial charge in [-0.1, -0.05) is 0 Å². The molecule has 7 heteroatoms. The summed E-state index contributed by atoms with van der Waals surface area (Å²) in [6.45, 7) is 0.727. The van der Waals surface area contributed by atoms with Crippen LogP contribution < -0.4 is 5.32 Å². The molecule has 96 valence electrons. The Hall–Kier alpha value is -1.63. The van der Waals surface area contributed by atoms with Gasteiger partial charge >= 0.3 is 11.9 Å². The Bertz CT molecular complexity index is 316. The molecule has 1 rings (SSSR count). The van der Waals surface area contributed by atoms with Crippen LogP contribution in [0.3, 0.4) is 0 Å². The summed E-state index contributed by atoms with van der Waals surface area (Å²) in [5.41, 5.74) is 0. The van der Waals surface area contributed by atoms with Gasteiger partial charge in [-0.15, -0.1) is 0 Å². The van der Waals surface area contributed by atoms with Gasteiger partial charge in [0.2, 0.25) is 5.91 Å². The standard InChI is InChI=1S/C10H15NO6/c1-6(12)16-4-7(13)5-17-10(15)8-2-3-9(14)11-8/h7-8,13H,2-5H2,1H3,(H,11,14). The first-order valence-corrected chi connectivity index (χ1v) is 5.26. The van der Waals surface area contributed by atoms with E-state index < -0.39 is 24.1 Å². The van der Waals surface area contributed by atoms with Gasteiger partial charge in [0.05, 0.1) is 0 Å². The van der Waals surface area contributed by atoms with Crippen LogP contribution in [-0.2, 0) is 23.9 Å². The minimum atomic E-state index is -1.06. The average molecular weight is 245 g/mol. The summed E-state index contributed by atoms with van der Waals surface area (Å²) >= 11 is 0. The van der Waals surface area contributed by atoms with E-state index in [-0.39, 0.29) is 19.1 Å². The lowest BCUT2D eigenvalue weighted by molar-refractivity contribution is -0.153. The van der Waals surface area contributed by atoms with E-state index in [4.69, 9.17) is 4.74 Å². The second-order valence-corrected chi connectivity index (χ2v) is 3.75. The predicted octanol–water partition coefficient (Wildman–Crippen LogP) is -1.27. The zero-order chi connectivity index (χ0) is 12.8. The zero-order valence-corrected chi connectivity index (χ0v) is 9.47. The number of ether oxygens (including phenoxy) is 2. The molecular weight excluding hydrogens is 230 g/mol. The van der Waals surface area contributed by atoms with Gasteiger partial charge in [-0.3, -0.25) is 9.59 Å². The molecule has 7 nitrogen and oxygen atoms in total. The topological polar surface area (TPSA) is 102 Å². The molecule has 1 amide bonds. The second-order valence-electron chi connectivity index (χ2n) is 3.75. The molecule has 2 atom stereocenters. The molecule has 0 bridgehead atoms. The van der Waals surface area contributed by atoms with E-state index in [1.807, 2.05) is 0 Å². The maximum atomic E-state index is 11.4. The molecule has 1 fully saturated rings. The van der Waals surface area contributed by atoms with Gasteiger partial charge in [0.15, 0.2) is 0 Å². The Morgan fingerprint density at radius 2 is 2.12 bits per heavy atom. The fourth-order valence-corrected chi connectivity index (χ4v) is 1.33. The van der Waals surface area contributed by atoms with Crippen LogP contribution >= 0.6 is 0 Å². The van der Waals surface area contributed by atoms with Crippen molar-refractivity contribution >= 4 is 17.8 Å². The van der Waals surface area contributed by atoms with Gasteiger partial charge in [0.1, 0.15) is 25.4 Å². The SMILES string of the molecule is CC(=O)OCC(O)COC(=O)C1CCC(=O)N1. The monoisotopic (exact) mass is 245 g/mol. The van der Waals surface area contributed by atoms with Crippen LogP contribution in [-0.4, -0.2) is 48.3 Å². The number of carbonyl (C=O) groups excluding carboxylic acids is 3. The van der Waals surface area contributed by atoms with Gasteiger partial charge in [-0.05, 0) is 6.42 Å². The van der Waals surface area contributed by atoms with Gasteiger partial charge in [-0.25, -0.2) is 4.79 Å². The molecular formula is C10H15NO6. The highest BCUT2D eigenvalue weighted by Gasteiger charge is 2.28. The molecule has 1 saturated heterocycles.